The Hall–Kier alpha value is -1.35. The first-order chi connectivity index (χ1) is 12.5. The van der Waals surface area contributed by atoms with Crippen LogP contribution in [0.4, 0.5) is 0 Å². The summed E-state index contributed by atoms with van der Waals surface area (Å²) < 4.78 is 0. The predicted octanol–water partition coefficient (Wildman–Crippen LogP) is 2.07. The highest BCUT2D eigenvalue weighted by molar-refractivity contribution is 5.67. The molecule has 2 aliphatic heterocycles. The van der Waals surface area contributed by atoms with Crippen molar-refractivity contribution in [3.05, 3.63) is 11.1 Å². The molecular formula is C21H29NO4. The van der Waals surface area contributed by atoms with E-state index in [4.69, 9.17) is 5.11 Å². The van der Waals surface area contributed by atoms with E-state index in [2.05, 4.69) is 16.7 Å². The van der Waals surface area contributed by atoms with E-state index in [1.807, 2.05) is 0 Å². The van der Waals surface area contributed by atoms with E-state index < -0.39 is 18.2 Å². The Bertz CT molecular complexity index is 655. The molecule has 0 aromatic rings. The molecule has 0 spiro atoms. The van der Waals surface area contributed by atoms with E-state index in [-0.39, 0.29) is 24.4 Å². The fourth-order valence-corrected chi connectivity index (χ4v) is 5.66. The van der Waals surface area contributed by atoms with Gasteiger partial charge in [0.25, 0.3) is 0 Å². The van der Waals surface area contributed by atoms with E-state index in [1.165, 1.54) is 24.8 Å². The van der Waals surface area contributed by atoms with Gasteiger partial charge in [0.05, 0.1) is 12.5 Å². The van der Waals surface area contributed by atoms with Crippen molar-refractivity contribution in [3.8, 4) is 11.8 Å². The van der Waals surface area contributed by atoms with Crippen LogP contribution in [0.5, 0.6) is 0 Å². The Morgan fingerprint density at radius 2 is 1.96 bits per heavy atom. The Kier molecular flexibility index (Phi) is 5.09. The third kappa shape index (κ3) is 3.31. The highest BCUT2D eigenvalue weighted by Gasteiger charge is 2.50. The molecule has 5 nitrogen and oxygen atoms in total. The largest absolute Gasteiger partial charge is 0.481 e. The van der Waals surface area contributed by atoms with Gasteiger partial charge in [0, 0.05) is 23.7 Å². The summed E-state index contributed by atoms with van der Waals surface area (Å²) >= 11 is 0. The third-order valence-corrected chi connectivity index (χ3v) is 6.88. The van der Waals surface area contributed by atoms with E-state index in [9.17, 15) is 15.0 Å². The fourth-order valence-electron chi connectivity index (χ4n) is 5.66. The van der Waals surface area contributed by atoms with Crippen molar-refractivity contribution < 1.29 is 20.1 Å². The molecule has 0 radical (unpaired) electrons. The van der Waals surface area contributed by atoms with Gasteiger partial charge in [-0.1, -0.05) is 31.1 Å². The van der Waals surface area contributed by atoms with E-state index in [0.717, 1.165) is 37.7 Å². The maximum Gasteiger partial charge on any atom is 0.304 e. The molecule has 0 aromatic carbocycles. The molecule has 2 heterocycles. The van der Waals surface area contributed by atoms with Gasteiger partial charge in [-0.05, 0) is 50.0 Å². The van der Waals surface area contributed by atoms with Gasteiger partial charge in [0.2, 0.25) is 0 Å². The van der Waals surface area contributed by atoms with Gasteiger partial charge in [-0.3, -0.25) is 9.69 Å². The van der Waals surface area contributed by atoms with Gasteiger partial charge in [0.15, 0.2) is 0 Å². The average Bonchev–Trinajstić information content (AvgIpc) is 3.24. The zero-order valence-electron chi connectivity index (χ0n) is 15.2. The molecular weight excluding hydrogens is 330 g/mol. The second kappa shape index (κ2) is 7.34. The third-order valence-electron chi connectivity index (χ3n) is 6.88. The van der Waals surface area contributed by atoms with Crippen molar-refractivity contribution in [1.29, 1.82) is 0 Å². The maximum absolute atomic E-state index is 11.2. The number of hydrogen-bond acceptors (Lipinski definition) is 4. The van der Waals surface area contributed by atoms with Crippen LogP contribution in [0.1, 0.15) is 64.2 Å². The Labute approximate surface area is 155 Å². The smallest absolute Gasteiger partial charge is 0.304 e. The van der Waals surface area contributed by atoms with E-state index in [0.29, 0.717) is 12.5 Å². The second-order valence-electron chi connectivity index (χ2n) is 8.45. The standard InChI is InChI=1S/C21H29NO4/c23-19(13-4-2-1-3-5-13)9-8-16-17-10-14-6-7-15(11-21(25)26)22(14)18(17)12-20(16)24/h13-15,18-20,23-24H,1-7,10-12H2,(H,25,26)/t14-,15-,18-,19+,20+/m0/s1. The molecule has 0 amide bonds. The highest BCUT2D eigenvalue weighted by atomic mass is 16.4. The summed E-state index contributed by atoms with van der Waals surface area (Å²) in [5.41, 5.74) is 1.99. The number of aliphatic carboxylic acids is 1. The number of carboxylic acids is 1. The normalized spacial score (nSPS) is 35.8. The lowest BCUT2D eigenvalue weighted by atomic mass is 9.85. The van der Waals surface area contributed by atoms with Crippen molar-refractivity contribution >= 4 is 5.97 Å². The molecule has 0 aromatic heterocycles. The van der Waals surface area contributed by atoms with Crippen LogP contribution in [0.15, 0.2) is 11.1 Å². The van der Waals surface area contributed by atoms with Crippen LogP contribution < -0.4 is 0 Å². The first kappa shape index (κ1) is 18.0. The number of rotatable bonds is 3. The van der Waals surface area contributed by atoms with Gasteiger partial charge in [-0.2, -0.15) is 0 Å². The lowest BCUT2D eigenvalue weighted by Crippen LogP contribution is -2.39. The Balaban J connectivity index is 1.51. The number of carboxylic acid groups (broad SMARTS) is 1. The average molecular weight is 359 g/mol. The zero-order chi connectivity index (χ0) is 18.3. The van der Waals surface area contributed by atoms with Crippen LogP contribution in [0.3, 0.4) is 0 Å². The van der Waals surface area contributed by atoms with Crippen LogP contribution in [0, 0.1) is 17.8 Å². The summed E-state index contributed by atoms with van der Waals surface area (Å²) in [6.45, 7) is 0. The van der Waals surface area contributed by atoms with Crippen molar-refractivity contribution in [2.75, 3.05) is 0 Å². The number of fused-ring (bicyclic) bond motifs is 3. The highest BCUT2D eigenvalue weighted by Crippen LogP contribution is 2.47. The maximum atomic E-state index is 11.2. The molecule has 5 atom stereocenters. The Morgan fingerprint density at radius 3 is 2.69 bits per heavy atom. The van der Waals surface area contributed by atoms with Crippen molar-refractivity contribution in [1.82, 2.24) is 4.90 Å². The lowest BCUT2D eigenvalue weighted by molar-refractivity contribution is -0.138. The molecule has 2 aliphatic carbocycles. The first-order valence-corrected chi connectivity index (χ1v) is 10.1. The predicted molar refractivity (Wildman–Crippen MR) is 97.3 cm³/mol. The van der Waals surface area contributed by atoms with Crippen LogP contribution in [0.25, 0.3) is 0 Å². The number of nitrogens with zero attached hydrogens (tertiary/aromatic N) is 1. The SMILES string of the molecule is O=C(O)C[C@@H]1CC[C@H]2CC3=C(C#C[C@@H](O)C4CCCCC4)[C@H](O)C[C@@H]3N12. The molecule has 5 heteroatoms. The van der Waals surface area contributed by atoms with Crippen LogP contribution in [0.2, 0.25) is 0 Å². The summed E-state index contributed by atoms with van der Waals surface area (Å²) in [4.78, 5) is 13.5. The number of aliphatic hydroxyl groups excluding tert-OH is 2. The molecule has 4 aliphatic rings. The molecule has 1 saturated carbocycles. The van der Waals surface area contributed by atoms with Gasteiger partial charge >= 0.3 is 5.97 Å². The summed E-state index contributed by atoms with van der Waals surface area (Å²) in [5, 5.41) is 30.1. The van der Waals surface area contributed by atoms with Gasteiger partial charge in [-0.15, -0.1) is 0 Å². The van der Waals surface area contributed by atoms with Crippen molar-refractivity contribution in [2.24, 2.45) is 5.92 Å². The van der Waals surface area contributed by atoms with Crippen molar-refractivity contribution in [2.45, 2.75) is 94.5 Å². The molecule has 2 saturated heterocycles. The van der Waals surface area contributed by atoms with E-state index >= 15 is 0 Å². The van der Waals surface area contributed by atoms with Crippen LogP contribution in [-0.4, -0.2) is 56.5 Å². The molecule has 0 unspecified atom stereocenters. The molecule has 3 N–H and O–H groups in total. The Morgan fingerprint density at radius 1 is 1.19 bits per heavy atom. The van der Waals surface area contributed by atoms with E-state index in [1.54, 1.807) is 0 Å². The summed E-state index contributed by atoms with van der Waals surface area (Å²) in [6.07, 6.45) is 8.14. The first-order valence-electron chi connectivity index (χ1n) is 10.1. The lowest BCUT2D eigenvalue weighted by Gasteiger charge is -2.28. The van der Waals surface area contributed by atoms with Crippen LogP contribution in [-0.2, 0) is 4.79 Å². The number of carbonyl (C=O) groups is 1. The van der Waals surface area contributed by atoms with Gasteiger partial charge in [0.1, 0.15) is 6.10 Å². The molecule has 0 bridgehead atoms. The minimum Gasteiger partial charge on any atom is -0.481 e. The molecule has 4 rings (SSSR count). The summed E-state index contributed by atoms with van der Waals surface area (Å²) in [6, 6.07) is 0.609. The number of hydrogen-bond donors (Lipinski definition) is 3. The molecule has 142 valence electrons. The van der Waals surface area contributed by atoms with Crippen molar-refractivity contribution in [3.63, 3.8) is 0 Å². The van der Waals surface area contributed by atoms with Crippen LogP contribution >= 0.6 is 0 Å². The fraction of sp³-hybridized carbons (Fsp3) is 0.762. The number of aliphatic hydroxyl groups is 2. The van der Waals surface area contributed by atoms with Gasteiger partial charge < -0.3 is 15.3 Å². The minimum absolute atomic E-state index is 0.0762. The molecule has 3 fully saturated rings. The van der Waals surface area contributed by atoms with Gasteiger partial charge in [-0.25, -0.2) is 0 Å². The summed E-state index contributed by atoms with van der Waals surface area (Å²) in [7, 11) is 0. The molecule has 26 heavy (non-hydrogen) atoms. The topological polar surface area (TPSA) is 81.0 Å². The zero-order valence-corrected chi connectivity index (χ0v) is 15.2. The summed E-state index contributed by atoms with van der Waals surface area (Å²) in [5.74, 6) is 5.67. The second-order valence-corrected chi connectivity index (χ2v) is 8.45. The quantitative estimate of drug-likeness (QED) is 0.672. The minimum atomic E-state index is -0.748. The monoisotopic (exact) mass is 359 g/mol.